The van der Waals surface area contributed by atoms with E-state index in [2.05, 4.69) is 17.2 Å². The minimum atomic E-state index is -0.788. The van der Waals surface area contributed by atoms with E-state index in [1.807, 2.05) is 0 Å². The summed E-state index contributed by atoms with van der Waals surface area (Å²) < 4.78 is 5.06. The van der Waals surface area contributed by atoms with E-state index in [9.17, 15) is 14.4 Å². The predicted octanol–water partition coefficient (Wildman–Crippen LogP) is 2.33. The van der Waals surface area contributed by atoms with Crippen LogP contribution in [0.2, 0.25) is 0 Å². The Bertz CT molecular complexity index is 776. The number of likely N-dealkylation sites (tertiary alicyclic amines) is 1. The van der Waals surface area contributed by atoms with Gasteiger partial charge >= 0.3 is 11.8 Å². The molecule has 0 radical (unpaired) electrons. The van der Waals surface area contributed by atoms with Crippen LogP contribution in [-0.2, 0) is 9.59 Å². The van der Waals surface area contributed by atoms with Gasteiger partial charge in [-0.1, -0.05) is 26.2 Å². The van der Waals surface area contributed by atoms with Gasteiger partial charge in [0.05, 0.1) is 12.8 Å². The quantitative estimate of drug-likeness (QED) is 0.750. The van der Waals surface area contributed by atoms with E-state index >= 15 is 0 Å². The molecule has 0 aromatic carbocycles. The van der Waals surface area contributed by atoms with Crippen molar-refractivity contribution < 1.29 is 19.1 Å². The number of hydrogen-bond donors (Lipinski definition) is 2. The monoisotopic (exact) mass is 402 g/mol. The maximum Gasteiger partial charge on any atom is 0.313 e. The van der Waals surface area contributed by atoms with Crippen molar-refractivity contribution in [3.63, 3.8) is 0 Å². The number of nitrogens with one attached hydrogen (secondary N) is 1. The van der Waals surface area contributed by atoms with Crippen LogP contribution in [-0.4, -0.2) is 47.3 Å². The Kier molecular flexibility index (Phi) is 6.71. The number of rotatable bonds is 4. The summed E-state index contributed by atoms with van der Waals surface area (Å²) in [5, 5.41) is 2.55. The molecule has 1 saturated heterocycles. The minimum Gasteiger partial charge on any atom is -0.480 e. The zero-order chi connectivity index (χ0) is 21.0. The van der Waals surface area contributed by atoms with Gasteiger partial charge in [0.25, 0.3) is 5.91 Å². The molecule has 1 aliphatic heterocycles. The predicted molar refractivity (Wildman–Crippen MR) is 108 cm³/mol. The molecule has 2 aliphatic rings. The lowest BCUT2D eigenvalue weighted by molar-refractivity contribution is -0.147. The van der Waals surface area contributed by atoms with Crippen molar-refractivity contribution in [3.05, 3.63) is 17.8 Å². The third kappa shape index (κ3) is 4.68. The largest absolute Gasteiger partial charge is 0.480 e. The highest BCUT2D eigenvalue weighted by atomic mass is 16.5. The highest BCUT2D eigenvalue weighted by molar-refractivity contribution is 6.40. The number of primary amides is 1. The maximum atomic E-state index is 13.1. The van der Waals surface area contributed by atoms with Crippen molar-refractivity contribution in [3.8, 4) is 5.88 Å². The van der Waals surface area contributed by atoms with Crippen LogP contribution >= 0.6 is 0 Å². The number of hydrogen-bond acceptors (Lipinski definition) is 5. The lowest BCUT2D eigenvalue weighted by Crippen LogP contribution is -2.53. The van der Waals surface area contributed by atoms with E-state index in [1.165, 1.54) is 38.6 Å². The van der Waals surface area contributed by atoms with Gasteiger partial charge in [-0.05, 0) is 43.6 Å². The van der Waals surface area contributed by atoms with Gasteiger partial charge in [0.15, 0.2) is 0 Å². The number of aromatic nitrogens is 1. The Balaban J connectivity index is 1.79. The van der Waals surface area contributed by atoms with E-state index < -0.39 is 17.7 Å². The summed E-state index contributed by atoms with van der Waals surface area (Å²) >= 11 is 0. The summed E-state index contributed by atoms with van der Waals surface area (Å²) in [5.41, 5.74) is 5.50. The first-order valence-corrected chi connectivity index (χ1v) is 10.4. The van der Waals surface area contributed by atoms with Gasteiger partial charge in [0, 0.05) is 18.8 Å². The molecule has 3 amide bonds. The Hall–Kier alpha value is -2.64. The van der Waals surface area contributed by atoms with Gasteiger partial charge in [0.2, 0.25) is 5.88 Å². The van der Waals surface area contributed by atoms with Crippen molar-refractivity contribution >= 4 is 23.4 Å². The van der Waals surface area contributed by atoms with Crippen molar-refractivity contribution in [1.82, 2.24) is 9.88 Å². The molecule has 1 aliphatic carbocycles. The number of nitrogens with two attached hydrogens (primary N) is 1. The number of carbonyl (C=O) groups excluding carboxylic acids is 3. The molecule has 8 heteroatoms. The van der Waals surface area contributed by atoms with Crippen LogP contribution in [0.15, 0.2) is 12.3 Å². The highest BCUT2D eigenvalue weighted by Crippen LogP contribution is 2.35. The van der Waals surface area contributed by atoms with E-state index in [4.69, 9.17) is 10.5 Å². The number of methoxy groups -OCH3 is 1. The summed E-state index contributed by atoms with van der Waals surface area (Å²) in [6.45, 7) is 2.68. The molecule has 3 N–H and O–H groups in total. The third-order valence-corrected chi connectivity index (χ3v) is 6.12. The zero-order valence-corrected chi connectivity index (χ0v) is 17.1. The Morgan fingerprint density at radius 1 is 1.17 bits per heavy atom. The summed E-state index contributed by atoms with van der Waals surface area (Å²) in [4.78, 5) is 43.4. The first-order valence-electron chi connectivity index (χ1n) is 10.4. The first-order chi connectivity index (χ1) is 13.9. The molecule has 1 aromatic rings. The number of amides is 3. The normalized spacial score (nSPS) is 22.8. The van der Waals surface area contributed by atoms with E-state index in [0.29, 0.717) is 18.4 Å². The fourth-order valence-corrected chi connectivity index (χ4v) is 4.66. The molecule has 3 rings (SSSR count). The molecule has 2 atom stereocenters. The number of pyridine rings is 1. The molecule has 8 nitrogen and oxygen atoms in total. The van der Waals surface area contributed by atoms with Crippen molar-refractivity contribution in [1.29, 1.82) is 0 Å². The second-order valence-electron chi connectivity index (χ2n) is 8.17. The lowest BCUT2D eigenvalue weighted by atomic mass is 9.78. The van der Waals surface area contributed by atoms with E-state index in [0.717, 1.165) is 25.7 Å². The van der Waals surface area contributed by atoms with E-state index in [-0.39, 0.29) is 23.2 Å². The average Bonchev–Trinajstić information content (AvgIpc) is 2.73. The molecular weight excluding hydrogens is 372 g/mol. The van der Waals surface area contributed by atoms with E-state index in [1.54, 1.807) is 4.90 Å². The Morgan fingerprint density at radius 2 is 1.90 bits per heavy atom. The standard InChI is InChI=1S/C21H30N4O4/c1-13-8-9-16(14-6-4-3-5-7-14)25(12-13)21(28)19(27)24-15-10-11-23-20(29-2)17(15)18(22)26/h10-11,13-14,16H,3-9,12H2,1-2H3,(H2,22,26)(H,23,24,27)/t13-,16-/m1/s1. The number of ether oxygens (including phenoxy) is 1. The van der Waals surface area contributed by atoms with Crippen LogP contribution in [0.5, 0.6) is 5.88 Å². The van der Waals surface area contributed by atoms with Crippen molar-refractivity contribution in [2.45, 2.75) is 57.9 Å². The van der Waals surface area contributed by atoms with Gasteiger partial charge in [-0.3, -0.25) is 14.4 Å². The maximum absolute atomic E-state index is 13.1. The van der Waals surface area contributed by atoms with Crippen LogP contribution in [0.25, 0.3) is 0 Å². The Labute approximate surface area is 171 Å². The molecule has 2 fully saturated rings. The van der Waals surface area contributed by atoms with Crippen LogP contribution < -0.4 is 15.8 Å². The second kappa shape index (κ2) is 9.24. The Morgan fingerprint density at radius 3 is 2.55 bits per heavy atom. The van der Waals surface area contributed by atoms with Gasteiger partial charge < -0.3 is 20.7 Å². The van der Waals surface area contributed by atoms with Gasteiger partial charge in [0.1, 0.15) is 5.56 Å². The molecule has 2 heterocycles. The molecular formula is C21H30N4O4. The van der Waals surface area contributed by atoms with Crippen LogP contribution in [0.1, 0.15) is 62.2 Å². The fourth-order valence-electron chi connectivity index (χ4n) is 4.66. The molecule has 0 unspecified atom stereocenters. The topological polar surface area (TPSA) is 115 Å². The first kappa shape index (κ1) is 21.1. The van der Waals surface area contributed by atoms with Crippen LogP contribution in [0.3, 0.4) is 0 Å². The van der Waals surface area contributed by atoms with Crippen molar-refractivity contribution in [2.75, 3.05) is 19.0 Å². The minimum absolute atomic E-state index is 0.00873. The highest BCUT2D eigenvalue weighted by Gasteiger charge is 2.38. The van der Waals surface area contributed by atoms with Gasteiger partial charge in [-0.2, -0.15) is 0 Å². The number of piperidine rings is 1. The summed E-state index contributed by atoms with van der Waals surface area (Å²) in [6, 6.07) is 1.54. The number of nitrogens with zero attached hydrogens (tertiary/aromatic N) is 2. The molecule has 0 spiro atoms. The molecule has 0 bridgehead atoms. The van der Waals surface area contributed by atoms with Gasteiger partial charge in [-0.15, -0.1) is 0 Å². The zero-order valence-electron chi connectivity index (χ0n) is 17.1. The lowest BCUT2D eigenvalue weighted by Gasteiger charge is -2.43. The molecule has 1 aromatic heterocycles. The molecule has 158 valence electrons. The third-order valence-electron chi connectivity index (χ3n) is 6.12. The number of carbonyl (C=O) groups is 3. The average molecular weight is 402 g/mol. The number of anilines is 1. The van der Waals surface area contributed by atoms with Crippen LogP contribution in [0, 0.1) is 11.8 Å². The summed E-state index contributed by atoms with van der Waals surface area (Å²) in [6.07, 6.45) is 9.22. The van der Waals surface area contributed by atoms with Crippen LogP contribution in [0.4, 0.5) is 5.69 Å². The molecule has 29 heavy (non-hydrogen) atoms. The summed E-state index contributed by atoms with van der Waals surface area (Å²) in [7, 11) is 1.36. The fraction of sp³-hybridized carbons (Fsp3) is 0.619. The van der Waals surface area contributed by atoms with Gasteiger partial charge in [-0.25, -0.2) is 4.98 Å². The smallest absolute Gasteiger partial charge is 0.313 e. The second-order valence-corrected chi connectivity index (χ2v) is 8.17. The summed E-state index contributed by atoms with van der Waals surface area (Å²) in [5.74, 6) is -1.29. The van der Waals surface area contributed by atoms with Crippen molar-refractivity contribution in [2.24, 2.45) is 17.6 Å². The SMILES string of the molecule is COc1nccc(NC(=O)C(=O)N2C[C@H](C)CC[C@@H]2C2CCCCC2)c1C(N)=O. The molecule has 1 saturated carbocycles.